The summed E-state index contributed by atoms with van der Waals surface area (Å²) in [5, 5.41) is 3.35. The van der Waals surface area contributed by atoms with Crippen molar-refractivity contribution in [2.45, 2.75) is 19.9 Å². The third-order valence-electron chi connectivity index (χ3n) is 3.91. The molecule has 1 aliphatic heterocycles. The van der Waals surface area contributed by atoms with E-state index in [4.69, 9.17) is 9.73 Å². The van der Waals surface area contributed by atoms with Gasteiger partial charge in [0, 0.05) is 17.5 Å². The Morgan fingerprint density at radius 2 is 1.82 bits per heavy atom. The molecular weight excluding hydrogens is 274 g/mol. The molecule has 1 aromatic carbocycles. The van der Waals surface area contributed by atoms with Crippen LogP contribution in [-0.4, -0.2) is 17.9 Å². The van der Waals surface area contributed by atoms with Gasteiger partial charge in [0.2, 0.25) is 0 Å². The molecule has 0 radical (unpaired) electrons. The maximum atomic E-state index is 5.50. The van der Waals surface area contributed by atoms with Crippen molar-refractivity contribution in [3.05, 3.63) is 71.2 Å². The Morgan fingerprint density at radius 1 is 1.05 bits per heavy atom. The molecule has 22 heavy (non-hydrogen) atoms. The number of amidine groups is 1. The molecule has 3 rings (SSSR count). The smallest absolute Gasteiger partial charge is 0.152 e. The van der Waals surface area contributed by atoms with E-state index in [0.29, 0.717) is 0 Å². The number of methoxy groups -OCH3 is 1. The molecule has 0 fully saturated rings. The summed E-state index contributed by atoms with van der Waals surface area (Å²) in [7, 11) is 1.69. The van der Waals surface area contributed by atoms with Crippen LogP contribution < -0.4 is 10.1 Å². The number of benzene rings is 1. The van der Waals surface area contributed by atoms with Crippen molar-refractivity contribution in [1.82, 2.24) is 10.3 Å². The zero-order valence-electron chi connectivity index (χ0n) is 13.0. The molecule has 1 atom stereocenters. The first kappa shape index (κ1) is 14.3. The highest BCUT2D eigenvalue weighted by Crippen LogP contribution is 2.35. The summed E-state index contributed by atoms with van der Waals surface area (Å²) in [5.74, 6) is 1.64. The van der Waals surface area contributed by atoms with Crippen molar-refractivity contribution in [1.29, 1.82) is 0 Å². The van der Waals surface area contributed by atoms with Crippen molar-refractivity contribution in [3.63, 3.8) is 0 Å². The van der Waals surface area contributed by atoms with Crippen molar-refractivity contribution in [2.75, 3.05) is 7.11 Å². The van der Waals surface area contributed by atoms with Gasteiger partial charge in [-0.1, -0.05) is 24.3 Å². The largest absolute Gasteiger partial charge is 0.496 e. The molecule has 1 unspecified atom stereocenters. The second kappa shape index (κ2) is 6.02. The highest BCUT2D eigenvalue weighted by molar-refractivity contribution is 5.99. The van der Waals surface area contributed by atoms with Gasteiger partial charge in [0.05, 0.1) is 7.11 Å². The minimum Gasteiger partial charge on any atom is -0.496 e. The Kier molecular flexibility index (Phi) is 3.92. The molecule has 0 saturated heterocycles. The van der Waals surface area contributed by atoms with Gasteiger partial charge in [-0.25, -0.2) is 0 Å². The molecule has 4 nitrogen and oxygen atoms in total. The summed E-state index contributed by atoms with van der Waals surface area (Å²) < 4.78 is 5.50. The quantitative estimate of drug-likeness (QED) is 0.942. The van der Waals surface area contributed by atoms with Crippen LogP contribution in [0.3, 0.4) is 0 Å². The lowest BCUT2D eigenvalue weighted by Crippen LogP contribution is -2.30. The lowest BCUT2D eigenvalue weighted by atomic mass is 9.96. The number of nitrogens with one attached hydrogen (secondary N) is 1. The van der Waals surface area contributed by atoms with E-state index in [1.165, 1.54) is 5.57 Å². The van der Waals surface area contributed by atoms with E-state index in [-0.39, 0.29) is 6.04 Å². The van der Waals surface area contributed by atoms with Crippen molar-refractivity contribution in [3.8, 4) is 5.75 Å². The Labute approximate surface area is 130 Å². The van der Waals surface area contributed by atoms with Crippen LogP contribution in [0.15, 0.2) is 64.9 Å². The van der Waals surface area contributed by atoms with Gasteiger partial charge in [-0.05, 0) is 37.6 Å². The fourth-order valence-corrected chi connectivity index (χ4v) is 2.57. The number of nitrogens with zero attached hydrogens (tertiary/aromatic N) is 2. The van der Waals surface area contributed by atoms with Crippen molar-refractivity contribution < 1.29 is 4.74 Å². The number of pyridine rings is 1. The first-order chi connectivity index (χ1) is 10.7. The molecule has 2 aromatic rings. The van der Waals surface area contributed by atoms with Crippen LogP contribution in [0.25, 0.3) is 0 Å². The van der Waals surface area contributed by atoms with Gasteiger partial charge >= 0.3 is 0 Å². The van der Waals surface area contributed by atoms with E-state index in [0.717, 1.165) is 28.5 Å². The first-order valence-corrected chi connectivity index (χ1v) is 7.27. The zero-order valence-corrected chi connectivity index (χ0v) is 13.0. The van der Waals surface area contributed by atoms with Crippen molar-refractivity contribution in [2.24, 2.45) is 4.99 Å². The number of aromatic nitrogens is 1. The maximum absolute atomic E-state index is 5.50. The van der Waals surface area contributed by atoms with Crippen LogP contribution >= 0.6 is 0 Å². The molecule has 1 aliphatic rings. The number of para-hydroxylation sites is 1. The van der Waals surface area contributed by atoms with E-state index in [1.54, 1.807) is 13.3 Å². The zero-order chi connectivity index (χ0) is 15.5. The third-order valence-corrected chi connectivity index (χ3v) is 3.91. The number of aliphatic imine (C=N–C) groups is 1. The molecule has 1 aromatic heterocycles. The molecular formula is C18H19N3O. The second-order valence-electron chi connectivity index (χ2n) is 5.27. The minimum absolute atomic E-state index is 0.0607. The van der Waals surface area contributed by atoms with Gasteiger partial charge in [-0.2, -0.15) is 0 Å². The van der Waals surface area contributed by atoms with Gasteiger partial charge in [0.15, 0.2) is 5.84 Å². The fraction of sp³-hybridized carbons (Fsp3) is 0.222. The van der Waals surface area contributed by atoms with Crippen LogP contribution in [0.5, 0.6) is 5.75 Å². The van der Waals surface area contributed by atoms with Gasteiger partial charge in [0.25, 0.3) is 0 Å². The molecule has 0 aliphatic carbocycles. The fourth-order valence-electron chi connectivity index (χ4n) is 2.57. The molecule has 2 heterocycles. The minimum atomic E-state index is -0.0607. The molecule has 0 saturated carbocycles. The summed E-state index contributed by atoms with van der Waals surface area (Å²) in [4.78, 5) is 9.25. The Morgan fingerprint density at radius 3 is 2.55 bits per heavy atom. The first-order valence-electron chi connectivity index (χ1n) is 7.27. The normalized spacial score (nSPS) is 17.8. The third kappa shape index (κ3) is 2.60. The second-order valence-corrected chi connectivity index (χ2v) is 5.27. The van der Waals surface area contributed by atoms with E-state index in [9.17, 15) is 0 Å². The number of hydrogen-bond acceptors (Lipinski definition) is 4. The van der Waals surface area contributed by atoms with Crippen LogP contribution in [0.4, 0.5) is 0 Å². The van der Waals surface area contributed by atoms with Crippen LogP contribution in [0, 0.1) is 0 Å². The number of rotatable bonds is 3. The standard InChI is InChI=1S/C18H19N3O/c1-12-13(2)20-18(15-9-6-7-11-19-15)21-17(12)14-8-4-5-10-16(14)22-3/h4-11,17H,1-3H3,(H,20,21). The predicted molar refractivity (Wildman–Crippen MR) is 88.0 cm³/mol. The summed E-state index contributed by atoms with van der Waals surface area (Å²) in [6, 6.07) is 13.8. The lowest BCUT2D eigenvalue weighted by molar-refractivity contribution is 0.407. The highest BCUT2D eigenvalue weighted by atomic mass is 16.5. The summed E-state index contributed by atoms with van der Waals surface area (Å²) in [5.41, 5.74) is 4.20. The molecule has 4 heteroatoms. The SMILES string of the molecule is COc1ccccc1C1N=C(c2ccccn2)NC(C)=C1C. The van der Waals surface area contributed by atoms with Gasteiger partial charge in [-0.3, -0.25) is 9.98 Å². The van der Waals surface area contributed by atoms with Crippen LogP contribution in [0.1, 0.15) is 31.1 Å². The molecule has 0 spiro atoms. The molecule has 0 amide bonds. The average molecular weight is 293 g/mol. The van der Waals surface area contributed by atoms with E-state index < -0.39 is 0 Å². The maximum Gasteiger partial charge on any atom is 0.152 e. The molecule has 1 N–H and O–H groups in total. The number of allylic oxidation sites excluding steroid dienone is 1. The number of ether oxygens (including phenoxy) is 1. The Hall–Kier alpha value is -2.62. The van der Waals surface area contributed by atoms with E-state index in [1.807, 2.05) is 36.4 Å². The monoisotopic (exact) mass is 293 g/mol. The topological polar surface area (TPSA) is 46.5 Å². The van der Waals surface area contributed by atoms with E-state index in [2.05, 4.69) is 30.2 Å². The van der Waals surface area contributed by atoms with Crippen LogP contribution in [0.2, 0.25) is 0 Å². The Balaban J connectivity index is 2.08. The lowest BCUT2D eigenvalue weighted by Gasteiger charge is -2.26. The average Bonchev–Trinajstić information content (AvgIpc) is 2.58. The summed E-state index contributed by atoms with van der Waals surface area (Å²) >= 11 is 0. The molecule has 0 bridgehead atoms. The van der Waals surface area contributed by atoms with Gasteiger partial charge in [-0.15, -0.1) is 0 Å². The summed E-state index contributed by atoms with van der Waals surface area (Å²) in [6.45, 7) is 4.16. The Bertz CT molecular complexity index is 735. The van der Waals surface area contributed by atoms with Crippen molar-refractivity contribution >= 4 is 5.84 Å². The number of hydrogen-bond donors (Lipinski definition) is 1. The van der Waals surface area contributed by atoms with Crippen LogP contribution in [-0.2, 0) is 0 Å². The predicted octanol–water partition coefficient (Wildman–Crippen LogP) is 3.48. The van der Waals surface area contributed by atoms with Gasteiger partial charge < -0.3 is 10.1 Å². The highest BCUT2D eigenvalue weighted by Gasteiger charge is 2.24. The molecule has 112 valence electrons. The van der Waals surface area contributed by atoms with Gasteiger partial charge in [0.1, 0.15) is 17.5 Å². The van der Waals surface area contributed by atoms with E-state index >= 15 is 0 Å². The summed E-state index contributed by atoms with van der Waals surface area (Å²) in [6.07, 6.45) is 1.78.